The molecule has 0 unspecified atom stereocenters. The topological polar surface area (TPSA) is 102 Å². The summed E-state index contributed by atoms with van der Waals surface area (Å²) >= 11 is 0. The zero-order chi connectivity index (χ0) is 20.9. The monoisotopic (exact) mass is 412 g/mol. The Morgan fingerprint density at radius 2 is 1.75 bits per heavy atom. The van der Waals surface area contributed by atoms with E-state index in [2.05, 4.69) is 10.0 Å². The molecule has 7 nitrogen and oxygen atoms in total. The molecule has 1 amide bonds. The van der Waals surface area contributed by atoms with Crippen LogP contribution in [0.2, 0.25) is 0 Å². The molecule has 0 aliphatic rings. The van der Waals surface area contributed by atoms with Gasteiger partial charge in [-0.25, -0.2) is 26.7 Å². The first-order valence-electron chi connectivity index (χ1n) is 8.20. The van der Waals surface area contributed by atoms with Gasteiger partial charge in [0.15, 0.2) is 6.10 Å². The van der Waals surface area contributed by atoms with Crippen LogP contribution in [0.15, 0.2) is 47.4 Å². The van der Waals surface area contributed by atoms with Crippen LogP contribution in [-0.4, -0.2) is 32.9 Å². The maximum atomic E-state index is 13.6. The molecule has 0 saturated heterocycles. The van der Waals surface area contributed by atoms with Crippen molar-refractivity contribution in [1.82, 2.24) is 4.72 Å². The Morgan fingerprint density at radius 3 is 2.32 bits per heavy atom. The Labute approximate surface area is 160 Å². The Kier molecular flexibility index (Phi) is 6.81. The maximum Gasteiger partial charge on any atom is 0.338 e. The number of nitrogens with one attached hydrogen (secondary N) is 2. The van der Waals surface area contributed by atoms with Gasteiger partial charge in [-0.2, -0.15) is 0 Å². The number of esters is 1. The van der Waals surface area contributed by atoms with Crippen molar-refractivity contribution in [3.8, 4) is 0 Å². The Hall–Kier alpha value is -2.85. The van der Waals surface area contributed by atoms with Crippen LogP contribution < -0.4 is 10.0 Å². The standard InChI is InChI=1S/C18H18F2N2O5S/c1-3-21-28(25,26)14-7-4-12(5-8-14)18(24)27-11(2)17(23)22-16-9-6-13(19)10-15(16)20/h4-11,21H,3H2,1-2H3,(H,22,23)/t11-/m0/s1. The van der Waals surface area contributed by atoms with E-state index in [9.17, 15) is 26.8 Å². The summed E-state index contributed by atoms with van der Waals surface area (Å²) in [4.78, 5) is 24.1. The van der Waals surface area contributed by atoms with Crippen molar-refractivity contribution in [1.29, 1.82) is 0 Å². The molecule has 0 aromatic heterocycles. The summed E-state index contributed by atoms with van der Waals surface area (Å²) in [6, 6.07) is 7.57. The molecule has 28 heavy (non-hydrogen) atoms. The van der Waals surface area contributed by atoms with E-state index in [1.165, 1.54) is 31.2 Å². The fourth-order valence-electron chi connectivity index (χ4n) is 2.15. The van der Waals surface area contributed by atoms with Gasteiger partial charge in [0.25, 0.3) is 5.91 Å². The van der Waals surface area contributed by atoms with Crippen molar-refractivity contribution in [2.24, 2.45) is 0 Å². The van der Waals surface area contributed by atoms with Crippen molar-refractivity contribution < 1.29 is 31.5 Å². The van der Waals surface area contributed by atoms with E-state index in [4.69, 9.17) is 4.74 Å². The fraction of sp³-hybridized carbons (Fsp3) is 0.222. The van der Waals surface area contributed by atoms with E-state index in [-0.39, 0.29) is 22.7 Å². The number of amides is 1. The Bertz CT molecular complexity index is 978. The first-order chi connectivity index (χ1) is 13.1. The molecular formula is C18H18F2N2O5S. The fourth-order valence-corrected chi connectivity index (χ4v) is 3.19. The number of sulfonamides is 1. The molecule has 0 aliphatic carbocycles. The number of rotatable bonds is 7. The summed E-state index contributed by atoms with van der Waals surface area (Å²) in [5.74, 6) is -3.45. The molecule has 150 valence electrons. The molecule has 2 aromatic carbocycles. The average Bonchev–Trinajstić information content (AvgIpc) is 2.64. The third-order valence-electron chi connectivity index (χ3n) is 3.58. The van der Waals surface area contributed by atoms with E-state index in [0.717, 1.165) is 12.1 Å². The van der Waals surface area contributed by atoms with Gasteiger partial charge in [-0.15, -0.1) is 0 Å². The van der Waals surface area contributed by atoms with Gasteiger partial charge < -0.3 is 10.1 Å². The molecule has 0 fully saturated rings. The number of halogens is 2. The van der Waals surface area contributed by atoms with Crippen molar-refractivity contribution in [2.45, 2.75) is 24.8 Å². The lowest BCUT2D eigenvalue weighted by atomic mass is 10.2. The van der Waals surface area contributed by atoms with E-state index in [1.54, 1.807) is 6.92 Å². The maximum absolute atomic E-state index is 13.6. The van der Waals surface area contributed by atoms with Crippen LogP contribution in [0.25, 0.3) is 0 Å². The van der Waals surface area contributed by atoms with Gasteiger partial charge in [-0.05, 0) is 43.3 Å². The number of carbonyl (C=O) groups excluding carboxylic acids is 2. The van der Waals surface area contributed by atoms with Crippen LogP contribution in [0.1, 0.15) is 24.2 Å². The first kappa shape index (κ1) is 21.5. The molecule has 0 aliphatic heterocycles. The third kappa shape index (κ3) is 5.33. The summed E-state index contributed by atoms with van der Waals surface area (Å²) in [6.07, 6.45) is -1.28. The highest BCUT2D eigenvalue weighted by Gasteiger charge is 2.21. The van der Waals surface area contributed by atoms with Crippen LogP contribution in [0.5, 0.6) is 0 Å². The molecular weight excluding hydrogens is 394 g/mol. The zero-order valence-corrected chi connectivity index (χ0v) is 15.8. The summed E-state index contributed by atoms with van der Waals surface area (Å²) in [5, 5.41) is 2.19. The van der Waals surface area contributed by atoms with Crippen molar-refractivity contribution >= 4 is 27.6 Å². The van der Waals surface area contributed by atoms with Gasteiger partial charge in [0.1, 0.15) is 11.6 Å². The van der Waals surface area contributed by atoms with Crippen molar-refractivity contribution in [3.05, 3.63) is 59.7 Å². The molecule has 0 spiro atoms. The highest BCUT2D eigenvalue weighted by atomic mass is 32.2. The van der Waals surface area contributed by atoms with Crippen molar-refractivity contribution in [2.75, 3.05) is 11.9 Å². The molecule has 10 heteroatoms. The SMILES string of the molecule is CCNS(=O)(=O)c1ccc(C(=O)O[C@@H](C)C(=O)Nc2ccc(F)cc2F)cc1. The largest absolute Gasteiger partial charge is 0.449 e. The molecule has 2 aromatic rings. The second kappa shape index (κ2) is 8.89. The van der Waals surface area contributed by atoms with Gasteiger partial charge in [-0.1, -0.05) is 6.92 Å². The van der Waals surface area contributed by atoms with Crippen LogP contribution >= 0.6 is 0 Å². The highest BCUT2D eigenvalue weighted by Crippen LogP contribution is 2.16. The number of hydrogen-bond donors (Lipinski definition) is 2. The molecule has 0 bridgehead atoms. The van der Waals surface area contributed by atoms with E-state index < -0.39 is 39.6 Å². The summed E-state index contributed by atoms with van der Waals surface area (Å²) in [5.41, 5.74) is -0.227. The normalized spacial score (nSPS) is 12.3. The first-order valence-corrected chi connectivity index (χ1v) is 9.69. The highest BCUT2D eigenvalue weighted by molar-refractivity contribution is 7.89. The molecule has 1 atom stereocenters. The van der Waals surface area contributed by atoms with E-state index >= 15 is 0 Å². The number of ether oxygens (including phenoxy) is 1. The molecule has 0 radical (unpaired) electrons. The lowest BCUT2D eigenvalue weighted by Crippen LogP contribution is -2.30. The minimum Gasteiger partial charge on any atom is -0.449 e. The predicted molar refractivity (Wildman–Crippen MR) is 97.2 cm³/mol. The van der Waals surface area contributed by atoms with Gasteiger partial charge >= 0.3 is 5.97 Å². The zero-order valence-electron chi connectivity index (χ0n) is 15.0. The number of anilines is 1. The van der Waals surface area contributed by atoms with Crippen LogP contribution in [0.4, 0.5) is 14.5 Å². The van der Waals surface area contributed by atoms with E-state index in [0.29, 0.717) is 6.07 Å². The van der Waals surface area contributed by atoms with Gasteiger partial charge in [-0.3, -0.25) is 4.79 Å². The summed E-state index contributed by atoms with van der Waals surface area (Å²) < 4.78 is 57.5. The van der Waals surface area contributed by atoms with Gasteiger partial charge in [0, 0.05) is 12.6 Å². The van der Waals surface area contributed by atoms with E-state index in [1.807, 2.05) is 0 Å². The Morgan fingerprint density at radius 1 is 1.11 bits per heavy atom. The van der Waals surface area contributed by atoms with Crippen LogP contribution in [0, 0.1) is 11.6 Å². The molecule has 2 rings (SSSR count). The third-order valence-corrected chi connectivity index (χ3v) is 5.14. The van der Waals surface area contributed by atoms with Crippen LogP contribution in [0.3, 0.4) is 0 Å². The number of benzene rings is 2. The Balaban J connectivity index is 2.02. The summed E-state index contributed by atoms with van der Waals surface area (Å²) in [7, 11) is -3.66. The van der Waals surface area contributed by atoms with Gasteiger partial charge in [0.2, 0.25) is 10.0 Å². The summed E-state index contributed by atoms with van der Waals surface area (Å²) in [6.45, 7) is 3.12. The predicted octanol–water partition coefficient (Wildman–Crippen LogP) is 2.45. The van der Waals surface area contributed by atoms with Crippen molar-refractivity contribution in [3.63, 3.8) is 0 Å². The lowest BCUT2D eigenvalue weighted by Gasteiger charge is -2.14. The minimum absolute atomic E-state index is 0.0246. The number of carbonyl (C=O) groups is 2. The van der Waals surface area contributed by atoms with Gasteiger partial charge in [0.05, 0.1) is 16.1 Å². The minimum atomic E-state index is -3.66. The smallest absolute Gasteiger partial charge is 0.338 e. The van der Waals surface area contributed by atoms with Crippen LogP contribution in [-0.2, 0) is 19.6 Å². The average molecular weight is 412 g/mol. The second-order valence-corrected chi connectivity index (χ2v) is 7.45. The lowest BCUT2D eigenvalue weighted by molar-refractivity contribution is -0.123. The molecule has 2 N–H and O–H groups in total. The molecule has 0 saturated carbocycles. The molecule has 0 heterocycles. The number of hydrogen-bond acceptors (Lipinski definition) is 5. The second-order valence-electron chi connectivity index (χ2n) is 5.69. The quantitative estimate of drug-likeness (QED) is 0.681.